The predicted octanol–water partition coefficient (Wildman–Crippen LogP) is 0.805. The summed E-state index contributed by atoms with van der Waals surface area (Å²) in [6.07, 6.45) is 3.90. The average Bonchev–Trinajstić information content (AvgIpc) is 3.10. The van der Waals surface area contributed by atoms with Gasteiger partial charge in [-0.25, -0.2) is 9.48 Å². The van der Waals surface area contributed by atoms with E-state index in [2.05, 4.69) is 15.2 Å². The predicted molar refractivity (Wildman–Crippen MR) is 64.8 cm³/mol. The van der Waals surface area contributed by atoms with Crippen molar-refractivity contribution in [2.45, 2.75) is 25.3 Å². The lowest BCUT2D eigenvalue weighted by Crippen LogP contribution is -2.22. The van der Waals surface area contributed by atoms with Crippen LogP contribution in [0.3, 0.4) is 0 Å². The van der Waals surface area contributed by atoms with Gasteiger partial charge in [-0.15, -0.1) is 5.10 Å². The Balaban J connectivity index is 1.69. The van der Waals surface area contributed by atoms with Crippen molar-refractivity contribution in [3.8, 4) is 0 Å². The van der Waals surface area contributed by atoms with Crippen LogP contribution < -0.4 is 5.69 Å². The molecule has 0 radical (unpaired) electrons. The molecule has 7 heteroatoms. The smallest absolute Gasteiger partial charge is 0.339 e. The lowest BCUT2D eigenvalue weighted by Gasteiger charge is -1.91. The summed E-state index contributed by atoms with van der Waals surface area (Å²) in [5, 5.41) is 8.11. The lowest BCUT2D eigenvalue weighted by atomic mass is 10.4. The minimum atomic E-state index is -0.201. The number of nitrogens with zero attached hydrogens (tertiary/aromatic N) is 5. The van der Waals surface area contributed by atoms with E-state index in [4.69, 9.17) is 4.52 Å². The first-order chi connectivity index (χ1) is 9.31. The Labute approximate surface area is 107 Å². The zero-order valence-electron chi connectivity index (χ0n) is 10.1. The molecule has 0 bridgehead atoms. The molecule has 0 aromatic carbocycles. The first-order valence-corrected chi connectivity index (χ1v) is 6.18. The Morgan fingerprint density at radius 2 is 2.26 bits per heavy atom. The summed E-state index contributed by atoms with van der Waals surface area (Å²) in [4.78, 5) is 16.4. The molecule has 19 heavy (non-hydrogen) atoms. The summed E-state index contributed by atoms with van der Waals surface area (Å²) in [7, 11) is 0. The molecular formula is C12H11N5O2. The van der Waals surface area contributed by atoms with E-state index in [1.54, 1.807) is 18.3 Å². The van der Waals surface area contributed by atoms with E-state index in [1.165, 1.54) is 9.08 Å². The first-order valence-electron chi connectivity index (χ1n) is 6.18. The molecule has 0 saturated heterocycles. The largest absolute Gasteiger partial charge is 0.350 e. The molecule has 3 aromatic rings. The second kappa shape index (κ2) is 3.78. The Kier molecular flexibility index (Phi) is 2.08. The van der Waals surface area contributed by atoms with Crippen LogP contribution in [-0.4, -0.2) is 24.3 Å². The van der Waals surface area contributed by atoms with E-state index in [0.29, 0.717) is 23.3 Å². The summed E-state index contributed by atoms with van der Waals surface area (Å²) in [6, 6.07) is 5.41. The maximum Gasteiger partial charge on any atom is 0.350 e. The Hall–Kier alpha value is -2.44. The van der Waals surface area contributed by atoms with Crippen molar-refractivity contribution in [2.75, 3.05) is 0 Å². The van der Waals surface area contributed by atoms with E-state index >= 15 is 0 Å². The highest BCUT2D eigenvalue weighted by atomic mass is 16.5. The third-order valence-electron chi connectivity index (χ3n) is 3.19. The van der Waals surface area contributed by atoms with Crippen LogP contribution >= 0.6 is 0 Å². The fourth-order valence-electron chi connectivity index (χ4n) is 2.03. The molecule has 4 rings (SSSR count). The van der Waals surface area contributed by atoms with Gasteiger partial charge in [-0.05, 0) is 25.0 Å². The Morgan fingerprint density at radius 3 is 3.05 bits per heavy atom. The van der Waals surface area contributed by atoms with Crippen molar-refractivity contribution >= 4 is 5.65 Å². The van der Waals surface area contributed by atoms with Crippen molar-refractivity contribution < 1.29 is 4.52 Å². The molecule has 0 atom stereocenters. The fraction of sp³-hybridized carbons (Fsp3) is 0.333. The third kappa shape index (κ3) is 1.74. The Bertz CT molecular complexity index is 796. The number of aromatic nitrogens is 5. The van der Waals surface area contributed by atoms with Crippen molar-refractivity contribution in [3.05, 3.63) is 46.6 Å². The third-order valence-corrected chi connectivity index (χ3v) is 3.19. The van der Waals surface area contributed by atoms with E-state index < -0.39 is 0 Å². The van der Waals surface area contributed by atoms with Gasteiger partial charge in [0.15, 0.2) is 11.5 Å². The fourth-order valence-corrected chi connectivity index (χ4v) is 2.03. The van der Waals surface area contributed by atoms with Crippen LogP contribution in [0.4, 0.5) is 0 Å². The van der Waals surface area contributed by atoms with Crippen LogP contribution in [0, 0.1) is 0 Å². The highest BCUT2D eigenvalue weighted by molar-refractivity contribution is 5.35. The van der Waals surface area contributed by atoms with Crippen LogP contribution in [0.5, 0.6) is 0 Å². The highest BCUT2D eigenvalue weighted by Crippen LogP contribution is 2.38. The van der Waals surface area contributed by atoms with E-state index in [0.717, 1.165) is 12.8 Å². The van der Waals surface area contributed by atoms with Gasteiger partial charge in [-0.3, -0.25) is 4.40 Å². The quantitative estimate of drug-likeness (QED) is 0.693. The van der Waals surface area contributed by atoms with Gasteiger partial charge >= 0.3 is 5.69 Å². The van der Waals surface area contributed by atoms with Crippen LogP contribution in [0.1, 0.15) is 30.5 Å². The van der Waals surface area contributed by atoms with Gasteiger partial charge in [0.1, 0.15) is 6.54 Å². The molecule has 1 fully saturated rings. The molecule has 7 nitrogen and oxygen atoms in total. The number of pyridine rings is 1. The molecule has 0 amide bonds. The molecule has 0 aliphatic heterocycles. The second-order valence-electron chi connectivity index (χ2n) is 4.69. The van der Waals surface area contributed by atoms with Crippen molar-refractivity contribution in [2.24, 2.45) is 0 Å². The van der Waals surface area contributed by atoms with Gasteiger partial charge in [-0.1, -0.05) is 11.2 Å². The van der Waals surface area contributed by atoms with Crippen LogP contribution in [0.15, 0.2) is 33.7 Å². The maximum absolute atomic E-state index is 12.1. The molecule has 0 spiro atoms. The zero-order valence-corrected chi connectivity index (χ0v) is 10.1. The summed E-state index contributed by atoms with van der Waals surface area (Å²) in [5.41, 5.74) is 0.409. The molecule has 1 aliphatic carbocycles. The Morgan fingerprint density at radius 1 is 1.37 bits per heavy atom. The molecule has 1 saturated carbocycles. The maximum atomic E-state index is 12.1. The van der Waals surface area contributed by atoms with Crippen LogP contribution in [-0.2, 0) is 6.54 Å². The number of rotatable bonds is 3. The zero-order chi connectivity index (χ0) is 12.8. The minimum absolute atomic E-state index is 0.201. The van der Waals surface area contributed by atoms with Crippen LogP contribution in [0.2, 0.25) is 0 Å². The topological polar surface area (TPSA) is 78.2 Å². The average molecular weight is 257 g/mol. The van der Waals surface area contributed by atoms with E-state index in [1.807, 2.05) is 6.07 Å². The number of fused-ring (bicyclic) bond motifs is 1. The van der Waals surface area contributed by atoms with Crippen molar-refractivity contribution in [1.82, 2.24) is 24.3 Å². The molecular weight excluding hydrogens is 246 g/mol. The SMILES string of the molecule is O=c1n(Cc2noc(C3CC3)n2)nc2ccccn12. The summed E-state index contributed by atoms with van der Waals surface area (Å²) in [6.45, 7) is 0.233. The molecule has 3 heterocycles. The molecule has 0 unspecified atom stereocenters. The van der Waals surface area contributed by atoms with Gasteiger partial charge in [0.05, 0.1) is 0 Å². The lowest BCUT2D eigenvalue weighted by molar-refractivity contribution is 0.372. The highest BCUT2D eigenvalue weighted by Gasteiger charge is 2.29. The first kappa shape index (κ1) is 10.5. The van der Waals surface area contributed by atoms with Crippen molar-refractivity contribution in [3.63, 3.8) is 0 Å². The molecule has 96 valence electrons. The summed E-state index contributed by atoms with van der Waals surface area (Å²) in [5.74, 6) is 1.58. The van der Waals surface area contributed by atoms with Crippen molar-refractivity contribution in [1.29, 1.82) is 0 Å². The number of hydrogen-bond acceptors (Lipinski definition) is 5. The van der Waals surface area contributed by atoms with E-state index in [9.17, 15) is 4.79 Å². The molecule has 1 aliphatic rings. The second-order valence-corrected chi connectivity index (χ2v) is 4.69. The number of hydrogen-bond donors (Lipinski definition) is 0. The van der Waals surface area contributed by atoms with Gasteiger partial charge in [-0.2, -0.15) is 4.98 Å². The van der Waals surface area contributed by atoms with Gasteiger partial charge in [0.2, 0.25) is 5.89 Å². The minimum Gasteiger partial charge on any atom is -0.339 e. The standard InChI is InChI=1S/C12H11N5O2/c18-12-16-6-2-1-3-10(16)14-17(12)7-9-13-11(19-15-9)8-4-5-8/h1-3,6,8H,4-5,7H2. The van der Waals surface area contributed by atoms with Gasteiger partial charge in [0.25, 0.3) is 0 Å². The van der Waals surface area contributed by atoms with Crippen LogP contribution in [0.25, 0.3) is 5.65 Å². The molecule has 3 aromatic heterocycles. The normalized spacial score (nSPS) is 15.2. The summed E-state index contributed by atoms with van der Waals surface area (Å²) >= 11 is 0. The van der Waals surface area contributed by atoms with Gasteiger partial charge < -0.3 is 4.52 Å². The molecule has 0 N–H and O–H groups in total. The monoisotopic (exact) mass is 257 g/mol. The van der Waals surface area contributed by atoms with Gasteiger partial charge in [0, 0.05) is 12.1 Å². The summed E-state index contributed by atoms with van der Waals surface area (Å²) < 4.78 is 8.00. The van der Waals surface area contributed by atoms with E-state index in [-0.39, 0.29) is 12.2 Å².